The monoisotopic (exact) mass is 262 g/mol. The molecule has 106 valence electrons. The Balaban J connectivity index is 2.43. The minimum absolute atomic E-state index is 0.372. The van der Waals surface area contributed by atoms with Gasteiger partial charge in [-0.15, -0.1) is 0 Å². The number of nitrogens with one attached hydrogen (secondary N) is 1. The highest BCUT2D eigenvalue weighted by molar-refractivity contribution is 5.44. The number of likely N-dealkylation sites (N-methyl/N-ethyl adjacent to an activating group) is 1. The molecule has 2 rings (SSSR count). The Morgan fingerprint density at radius 2 is 1.95 bits per heavy atom. The van der Waals surface area contributed by atoms with Crippen molar-refractivity contribution in [1.82, 2.24) is 10.2 Å². The van der Waals surface area contributed by atoms with E-state index in [-0.39, 0.29) is 0 Å². The van der Waals surface area contributed by atoms with E-state index in [1.165, 1.54) is 29.5 Å². The van der Waals surface area contributed by atoms with E-state index in [2.05, 4.69) is 50.3 Å². The number of ether oxygens (including phenoxy) is 1. The highest BCUT2D eigenvalue weighted by Crippen LogP contribution is 2.35. The van der Waals surface area contributed by atoms with Gasteiger partial charge in [0.25, 0.3) is 0 Å². The Morgan fingerprint density at radius 3 is 2.47 bits per heavy atom. The molecule has 1 aliphatic heterocycles. The maximum absolute atomic E-state index is 5.62. The van der Waals surface area contributed by atoms with Gasteiger partial charge in [0, 0.05) is 11.6 Å². The van der Waals surface area contributed by atoms with Gasteiger partial charge in [0.2, 0.25) is 0 Å². The van der Waals surface area contributed by atoms with Crippen LogP contribution in [0.2, 0.25) is 0 Å². The molecule has 0 saturated carbocycles. The predicted octanol–water partition coefficient (Wildman–Crippen LogP) is 2.67. The molecule has 0 amide bonds. The SMILES string of the molecule is COc1cc(C)c(C)cc1C(C1CCCN1)N(C)C. The summed E-state index contributed by atoms with van der Waals surface area (Å²) in [6.45, 7) is 5.44. The van der Waals surface area contributed by atoms with E-state index in [9.17, 15) is 0 Å². The molecule has 3 nitrogen and oxygen atoms in total. The number of nitrogens with zero attached hydrogens (tertiary/aromatic N) is 1. The molecule has 1 aliphatic rings. The van der Waals surface area contributed by atoms with Crippen LogP contribution in [0.15, 0.2) is 12.1 Å². The van der Waals surface area contributed by atoms with E-state index in [1.54, 1.807) is 7.11 Å². The lowest BCUT2D eigenvalue weighted by Crippen LogP contribution is -2.37. The van der Waals surface area contributed by atoms with Crippen LogP contribution >= 0.6 is 0 Å². The van der Waals surface area contributed by atoms with Gasteiger partial charge in [0.05, 0.1) is 13.2 Å². The van der Waals surface area contributed by atoms with Crippen molar-refractivity contribution >= 4 is 0 Å². The zero-order chi connectivity index (χ0) is 14.0. The van der Waals surface area contributed by atoms with E-state index >= 15 is 0 Å². The Hall–Kier alpha value is -1.06. The van der Waals surface area contributed by atoms with Gasteiger partial charge in [0.15, 0.2) is 0 Å². The molecule has 0 radical (unpaired) electrons. The third-order valence-corrected chi connectivity index (χ3v) is 4.20. The van der Waals surface area contributed by atoms with Crippen molar-refractivity contribution in [3.63, 3.8) is 0 Å². The van der Waals surface area contributed by atoms with Gasteiger partial charge in [-0.1, -0.05) is 6.07 Å². The fourth-order valence-corrected chi connectivity index (χ4v) is 3.06. The number of rotatable bonds is 4. The summed E-state index contributed by atoms with van der Waals surface area (Å²) in [6.07, 6.45) is 2.50. The Labute approximate surface area is 116 Å². The van der Waals surface area contributed by atoms with Crippen LogP contribution in [0.1, 0.15) is 35.6 Å². The third-order valence-electron chi connectivity index (χ3n) is 4.20. The highest BCUT2D eigenvalue weighted by Gasteiger charge is 2.30. The van der Waals surface area contributed by atoms with Crippen molar-refractivity contribution < 1.29 is 4.74 Å². The molecule has 1 saturated heterocycles. The maximum atomic E-state index is 5.62. The van der Waals surface area contributed by atoms with Crippen molar-refractivity contribution in [2.24, 2.45) is 0 Å². The lowest BCUT2D eigenvalue weighted by molar-refractivity contribution is 0.237. The van der Waals surface area contributed by atoms with Crippen LogP contribution < -0.4 is 10.1 Å². The summed E-state index contributed by atoms with van der Waals surface area (Å²) >= 11 is 0. The summed E-state index contributed by atoms with van der Waals surface area (Å²) in [5, 5.41) is 3.62. The molecule has 0 aromatic heterocycles. The van der Waals surface area contributed by atoms with Crippen LogP contribution in [-0.4, -0.2) is 38.7 Å². The second-order valence-corrected chi connectivity index (χ2v) is 5.79. The first-order chi connectivity index (χ1) is 9.04. The molecule has 1 aromatic carbocycles. The molecule has 2 atom stereocenters. The number of hydrogen-bond donors (Lipinski definition) is 1. The molecule has 1 N–H and O–H groups in total. The van der Waals surface area contributed by atoms with E-state index in [4.69, 9.17) is 4.74 Å². The summed E-state index contributed by atoms with van der Waals surface area (Å²) < 4.78 is 5.62. The van der Waals surface area contributed by atoms with Crippen molar-refractivity contribution in [1.29, 1.82) is 0 Å². The fraction of sp³-hybridized carbons (Fsp3) is 0.625. The second-order valence-electron chi connectivity index (χ2n) is 5.79. The molecule has 0 aliphatic carbocycles. The number of hydrogen-bond acceptors (Lipinski definition) is 3. The maximum Gasteiger partial charge on any atom is 0.123 e. The number of methoxy groups -OCH3 is 1. The minimum Gasteiger partial charge on any atom is -0.496 e. The molecular formula is C16H26N2O. The van der Waals surface area contributed by atoms with Gasteiger partial charge in [-0.25, -0.2) is 0 Å². The van der Waals surface area contributed by atoms with Crippen molar-refractivity contribution in [2.45, 2.75) is 38.8 Å². The Kier molecular flexibility index (Phi) is 4.48. The standard InChI is InChI=1S/C16H26N2O/c1-11-9-13(15(19-5)10-12(11)2)16(18(3)4)14-7-6-8-17-14/h9-10,14,16-17H,6-8H2,1-5H3. The zero-order valence-corrected chi connectivity index (χ0v) is 12.8. The topological polar surface area (TPSA) is 24.5 Å². The van der Waals surface area contributed by atoms with Crippen LogP contribution in [0.5, 0.6) is 5.75 Å². The van der Waals surface area contributed by atoms with Gasteiger partial charge < -0.3 is 15.0 Å². The van der Waals surface area contributed by atoms with Crippen LogP contribution in [0, 0.1) is 13.8 Å². The first-order valence-electron chi connectivity index (χ1n) is 7.09. The first kappa shape index (κ1) is 14.4. The molecule has 19 heavy (non-hydrogen) atoms. The molecular weight excluding hydrogens is 236 g/mol. The summed E-state index contributed by atoms with van der Waals surface area (Å²) in [6, 6.07) is 5.34. The van der Waals surface area contributed by atoms with E-state index in [0.29, 0.717) is 12.1 Å². The highest BCUT2D eigenvalue weighted by atomic mass is 16.5. The quantitative estimate of drug-likeness (QED) is 0.903. The first-order valence-corrected chi connectivity index (χ1v) is 7.09. The zero-order valence-electron chi connectivity index (χ0n) is 12.8. The number of benzene rings is 1. The van der Waals surface area contributed by atoms with Crippen molar-refractivity contribution in [3.8, 4) is 5.75 Å². The summed E-state index contributed by atoms with van der Waals surface area (Å²) in [4.78, 5) is 2.30. The van der Waals surface area contributed by atoms with E-state index < -0.39 is 0 Å². The Bertz CT molecular complexity index is 437. The fourth-order valence-electron chi connectivity index (χ4n) is 3.06. The smallest absolute Gasteiger partial charge is 0.123 e. The second kappa shape index (κ2) is 5.93. The van der Waals surface area contributed by atoms with Crippen molar-refractivity contribution in [3.05, 3.63) is 28.8 Å². The van der Waals surface area contributed by atoms with E-state index in [1.807, 2.05) is 0 Å². The van der Waals surface area contributed by atoms with E-state index in [0.717, 1.165) is 12.3 Å². The van der Waals surface area contributed by atoms with Crippen LogP contribution in [0.3, 0.4) is 0 Å². The average Bonchev–Trinajstić information content (AvgIpc) is 2.86. The summed E-state index contributed by atoms with van der Waals surface area (Å²) in [5.74, 6) is 1.01. The number of aryl methyl sites for hydroxylation is 2. The van der Waals surface area contributed by atoms with Crippen LogP contribution in [-0.2, 0) is 0 Å². The van der Waals surface area contributed by atoms with Gasteiger partial charge in [-0.05, 0) is 64.5 Å². The van der Waals surface area contributed by atoms with Gasteiger partial charge in [-0.3, -0.25) is 0 Å². The molecule has 0 spiro atoms. The average molecular weight is 262 g/mol. The largest absolute Gasteiger partial charge is 0.496 e. The lowest BCUT2D eigenvalue weighted by atomic mass is 9.93. The molecule has 1 fully saturated rings. The minimum atomic E-state index is 0.372. The predicted molar refractivity (Wildman–Crippen MR) is 79.9 cm³/mol. The molecule has 2 unspecified atom stereocenters. The van der Waals surface area contributed by atoms with Crippen LogP contribution in [0.25, 0.3) is 0 Å². The van der Waals surface area contributed by atoms with Crippen molar-refractivity contribution in [2.75, 3.05) is 27.7 Å². The van der Waals surface area contributed by atoms with Gasteiger partial charge in [-0.2, -0.15) is 0 Å². The summed E-state index contributed by atoms with van der Waals surface area (Å²) in [5.41, 5.74) is 3.92. The molecule has 1 heterocycles. The van der Waals surface area contributed by atoms with Crippen LogP contribution in [0.4, 0.5) is 0 Å². The molecule has 3 heteroatoms. The normalized spacial score (nSPS) is 20.8. The molecule has 1 aromatic rings. The summed E-state index contributed by atoms with van der Waals surface area (Å²) in [7, 11) is 6.07. The van der Waals surface area contributed by atoms with Gasteiger partial charge in [0.1, 0.15) is 5.75 Å². The lowest BCUT2D eigenvalue weighted by Gasteiger charge is -2.32. The molecule has 0 bridgehead atoms. The van der Waals surface area contributed by atoms with Gasteiger partial charge >= 0.3 is 0 Å². The Morgan fingerprint density at radius 1 is 1.26 bits per heavy atom. The third kappa shape index (κ3) is 2.93.